The standard InChI is InChI=1S/C22H36N4.HI/c1-4-23-22(24-9-7-20-14-18(2)13-19(3)15-20)26-12-8-21(17-26)16-25-10-5-6-11-25;/h13-15,21H,4-12,16-17H2,1-3H3,(H,23,24);1H. The normalized spacial score (nSPS) is 20.8. The van der Waals surface area contributed by atoms with Crippen molar-refractivity contribution < 1.29 is 0 Å². The van der Waals surface area contributed by atoms with Gasteiger partial charge in [0.1, 0.15) is 0 Å². The topological polar surface area (TPSA) is 30.9 Å². The second-order valence-corrected chi connectivity index (χ2v) is 8.09. The molecule has 1 aromatic rings. The van der Waals surface area contributed by atoms with Crippen LogP contribution in [0.25, 0.3) is 0 Å². The number of likely N-dealkylation sites (tertiary alicyclic amines) is 2. The van der Waals surface area contributed by atoms with Gasteiger partial charge in [0.2, 0.25) is 0 Å². The van der Waals surface area contributed by atoms with Crippen LogP contribution in [-0.2, 0) is 6.42 Å². The highest BCUT2D eigenvalue weighted by molar-refractivity contribution is 14.0. The minimum absolute atomic E-state index is 0. The number of aliphatic imine (C=N–C) groups is 1. The van der Waals surface area contributed by atoms with Gasteiger partial charge in [-0.05, 0) is 71.0 Å². The SMILES string of the molecule is CCNC(=NCCc1cc(C)cc(C)c1)N1CCC(CN2CCCC2)C1.I. The van der Waals surface area contributed by atoms with Crippen LogP contribution in [0.2, 0.25) is 0 Å². The van der Waals surface area contributed by atoms with Gasteiger partial charge in [0.15, 0.2) is 5.96 Å². The molecule has 0 aromatic heterocycles. The first kappa shape index (κ1) is 22.5. The zero-order valence-electron chi connectivity index (χ0n) is 17.3. The summed E-state index contributed by atoms with van der Waals surface area (Å²) in [5.41, 5.74) is 4.09. The number of benzene rings is 1. The zero-order valence-corrected chi connectivity index (χ0v) is 19.7. The van der Waals surface area contributed by atoms with Crippen molar-refractivity contribution in [3.8, 4) is 0 Å². The molecule has 0 saturated carbocycles. The van der Waals surface area contributed by atoms with Crippen molar-refractivity contribution in [3.63, 3.8) is 0 Å². The highest BCUT2D eigenvalue weighted by Crippen LogP contribution is 2.20. The Balaban J connectivity index is 0.00000261. The van der Waals surface area contributed by atoms with Gasteiger partial charge in [0, 0.05) is 32.7 Å². The molecule has 1 unspecified atom stereocenters. The van der Waals surface area contributed by atoms with E-state index >= 15 is 0 Å². The summed E-state index contributed by atoms with van der Waals surface area (Å²) < 4.78 is 0. The van der Waals surface area contributed by atoms with Crippen molar-refractivity contribution in [2.45, 2.75) is 46.5 Å². The van der Waals surface area contributed by atoms with Crippen molar-refractivity contribution in [2.24, 2.45) is 10.9 Å². The molecule has 27 heavy (non-hydrogen) atoms. The highest BCUT2D eigenvalue weighted by Gasteiger charge is 2.27. The summed E-state index contributed by atoms with van der Waals surface area (Å²) in [6.45, 7) is 14.5. The fourth-order valence-corrected chi connectivity index (χ4v) is 4.43. The van der Waals surface area contributed by atoms with Crippen LogP contribution in [0.4, 0.5) is 0 Å². The second-order valence-electron chi connectivity index (χ2n) is 8.09. The van der Waals surface area contributed by atoms with E-state index < -0.39 is 0 Å². The van der Waals surface area contributed by atoms with Crippen molar-refractivity contribution in [1.29, 1.82) is 0 Å². The third-order valence-electron chi connectivity index (χ3n) is 5.58. The van der Waals surface area contributed by atoms with Crippen LogP contribution in [0, 0.1) is 19.8 Å². The molecule has 0 bridgehead atoms. The molecular formula is C22H37IN4. The Morgan fingerprint density at radius 1 is 1.11 bits per heavy atom. The first-order chi connectivity index (χ1) is 12.6. The van der Waals surface area contributed by atoms with Gasteiger partial charge in [-0.1, -0.05) is 29.3 Å². The highest BCUT2D eigenvalue weighted by atomic mass is 127. The van der Waals surface area contributed by atoms with Crippen molar-refractivity contribution in [1.82, 2.24) is 15.1 Å². The van der Waals surface area contributed by atoms with E-state index in [0.717, 1.165) is 44.5 Å². The van der Waals surface area contributed by atoms with E-state index in [0.29, 0.717) is 0 Å². The maximum absolute atomic E-state index is 4.93. The number of halogens is 1. The van der Waals surface area contributed by atoms with Gasteiger partial charge in [-0.15, -0.1) is 24.0 Å². The largest absolute Gasteiger partial charge is 0.357 e. The van der Waals surface area contributed by atoms with Crippen LogP contribution in [-0.4, -0.2) is 61.6 Å². The molecule has 1 N–H and O–H groups in total. The van der Waals surface area contributed by atoms with Crippen molar-refractivity contribution >= 4 is 29.9 Å². The molecule has 0 radical (unpaired) electrons. The van der Waals surface area contributed by atoms with E-state index in [9.17, 15) is 0 Å². The van der Waals surface area contributed by atoms with Crippen LogP contribution in [0.5, 0.6) is 0 Å². The lowest BCUT2D eigenvalue weighted by Crippen LogP contribution is -2.41. The first-order valence-corrected chi connectivity index (χ1v) is 10.5. The number of rotatable bonds is 6. The zero-order chi connectivity index (χ0) is 18.4. The molecule has 152 valence electrons. The Hall–Kier alpha value is -0.820. The second kappa shape index (κ2) is 11.2. The van der Waals surface area contributed by atoms with Gasteiger partial charge < -0.3 is 15.1 Å². The van der Waals surface area contributed by atoms with Gasteiger partial charge in [-0.2, -0.15) is 0 Å². The fraction of sp³-hybridized carbons (Fsp3) is 0.682. The quantitative estimate of drug-likeness (QED) is 0.378. The van der Waals surface area contributed by atoms with Crippen LogP contribution in [0.1, 0.15) is 42.9 Å². The summed E-state index contributed by atoms with van der Waals surface area (Å²) in [5, 5.41) is 3.51. The van der Waals surface area contributed by atoms with Crippen LogP contribution in [0.15, 0.2) is 23.2 Å². The number of nitrogens with one attached hydrogen (secondary N) is 1. The summed E-state index contributed by atoms with van der Waals surface area (Å²) in [7, 11) is 0. The summed E-state index contributed by atoms with van der Waals surface area (Å²) in [6, 6.07) is 6.82. The molecule has 1 aromatic carbocycles. The molecule has 2 aliphatic heterocycles. The summed E-state index contributed by atoms with van der Waals surface area (Å²) in [4.78, 5) is 10.1. The number of nitrogens with zero attached hydrogens (tertiary/aromatic N) is 3. The van der Waals surface area contributed by atoms with E-state index in [-0.39, 0.29) is 24.0 Å². The van der Waals surface area contributed by atoms with E-state index in [4.69, 9.17) is 4.99 Å². The third-order valence-corrected chi connectivity index (χ3v) is 5.58. The molecule has 5 heteroatoms. The van der Waals surface area contributed by atoms with Gasteiger partial charge in [-0.3, -0.25) is 4.99 Å². The number of guanidine groups is 1. The lowest BCUT2D eigenvalue weighted by Gasteiger charge is -2.23. The average Bonchev–Trinajstić information content (AvgIpc) is 3.26. The lowest BCUT2D eigenvalue weighted by atomic mass is 10.1. The van der Waals surface area contributed by atoms with Gasteiger partial charge >= 0.3 is 0 Å². The van der Waals surface area contributed by atoms with Crippen LogP contribution < -0.4 is 5.32 Å². The Morgan fingerprint density at radius 3 is 2.48 bits per heavy atom. The molecule has 0 spiro atoms. The maximum Gasteiger partial charge on any atom is 0.193 e. The summed E-state index contributed by atoms with van der Waals surface area (Å²) >= 11 is 0. The predicted molar refractivity (Wildman–Crippen MR) is 126 cm³/mol. The van der Waals surface area contributed by atoms with E-state index in [1.165, 1.54) is 55.6 Å². The Morgan fingerprint density at radius 2 is 1.81 bits per heavy atom. The van der Waals surface area contributed by atoms with Gasteiger partial charge in [0.25, 0.3) is 0 Å². The number of aryl methyl sites for hydroxylation is 2. The molecule has 1 atom stereocenters. The smallest absolute Gasteiger partial charge is 0.193 e. The van der Waals surface area contributed by atoms with Crippen molar-refractivity contribution in [3.05, 3.63) is 34.9 Å². The third kappa shape index (κ3) is 6.93. The predicted octanol–water partition coefficient (Wildman–Crippen LogP) is 3.85. The lowest BCUT2D eigenvalue weighted by molar-refractivity contribution is 0.281. The molecule has 2 fully saturated rings. The number of hydrogen-bond acceptors (Lipinski definition) is 2. The Kier molecular flexibility index (Phi) is 9.36. The van der Waals surface area contributed by atoms with Gasteiger partial charge in [0.05, 0.1) is 0 Å². The summed E-state index contributed by atoms with van der Waals surface area (Å²) in [6.07, 6.45) is 5.10. The fourth-order valence-electron chi connectivity index (χ4n) is 4.43. The first-order valence-electron chi connectivity index (χ1n) is 10.5. The average molecular weight is 484 g/mol. The molecule has 3 rings (SSSR count). The molecule has 2 saturated heterocycles. The Labute approximate surface area is 182 Å². The van der Waals surface area contributed by atoms with Gasteiger partial charge in [-0.25, -0.2) is 0 Å². The molecule has 0 amide bonds. The monoisotopic (exact) mass is 484 g/mol. The van der Waals surface area contributed by atoms with Crippen molar-refractivity contribution in [2.75, 3.05) is 45.8 Å². The van der Waals surface area contributed by atoms with E-state index in [1.807, 2.05) is 0 Å². The van der Waals surface area contributed by atoms with Crippen LogP contribution >= 0.6 is 24.0 Å². The Bertz CT molecular complexity index is 590. The van der Waals surface area contributed by atoms with E-state index in [2.05, 4.69) is 54.1 Å². The minimum Gasteiger partial charge on any atom is -0.357 e. The summed E-state index contributed by atoms with van der Waals surface area (Å²) in [5.74, 6) is 1.91. The number of hydrogen-bond donors (Lipinski definition) is 1. The molecule has 4 nitrogen and oxygen atoms in total. The molecule has 2 aliphatic rings. The van der Waals surface area contributed by atoms with Crippen LogP contribution in [0.3, 0.4) is 0 Å². The minimum atomic E-state index is 0. The van der Waals surface area contributed by atoms with E-state index in [1.54, 1.807) is 0 Å². The molecule has 0 aliphatic carbocycles. The molecule has 2 heterocycles. The molecular weight excluding hydrogens is 447 g/mol. The maximum atomic E-state index is 4.93.